The zero-order valence-corrected chi connectivity index (χ0v) is 12.1. The van der Waals surface area contributed by atoms with Gasteiger partial charge < -0.3 is 15.7 Å². The van der Waals surface area contributed by atoms with Crippen LogP contribution in [-0.4, -0.2) is 40.9 Å². The van der Waals surface area contributed by atoms with Gasteiger partial charge in [-0.25, -0.2) is 4.79 Å². The quantitative estimate of drug-likeness (QED) is 0.563. The Morgan fingerprint density at radius 2 is 1.85 bits per heavy atom. The van der Waals surface area contributed by atoms with E-state index in [4.69, 9.17) is 12.2 Å². The highest BCUT2D eigenvalue weighted by Gasteiger charge is 2.26. The van der Waals surface area contributed by atoms with E-state index in [1.165, 1.54) is 0 Å². The number of nitrogens with two attached hydrogens (primary N) is 1. The SMILES string of the molecule is [2H]CN(C(=O)CCCCCCC)[C@@H](CCC(N)=O)C(=O)O. The zero-order valence-electron chi connectivity index (χ0n) is 13.1. The molecule has 0 heterocycles. The Morgan fingerprint density at radius 1 is 1.20 bits per heavy atom. The molecule has 20 heavy (non-hydrogen) atoms. The lowest BCUT2D eigenvalue weighted by molar-refractivity contribution is -0.149. The second kappa shape index (κ2) is 10.2. The Bertz CT molecular complexity index is 350. The summed E-state index contributed by atoms with van der Waals surface area (Å²) < 4.78 is 7.37. The van der Waals surface area contributed by atoms with Crippen molar-refractivity contribution in [2.24, 2.45) is 5.73 Å². The molecule has 1 atom stereocenters. The third kappa shape index (κ3) is 7.76. The molecule has 0 aliphatic heterocycles. The van der Waals surface area contributed by atoms with Crippen molar-refractivity contribution in [3.63, 3.8) is 0 Å². The molecule has 6 heteroatoms. The van der Waals surface area contributed by atoms with Gasteiger partial charge in [0.05, 0.1) is 0 Å². The Balaban J connectivity index is 4.42. The van der Waals surface area contributed by atoms with Crippen molar-refractivity contribution in [3.8, 4) is 0 Å². The van der Waals surface area contributed by atoms with Gasteiger partial charge in [0.1, 0.15) is 6.04 Å². The van der Waals surface area contributed by atoms with E-state index >= 15 is 0 Å². The van der Waals surface area contributed by atoms with Gasteiger partial charge in [-0.1, -0.05) is 32.6 Å². The number of unbranched alkanes of at least 4 members (excludes halogenated alkanes) is 4. The fourth-order valence-corrected chi connectivity index (χ4v) is 1.89. The number of likely N-dealkylation sites (N-methyl/N-ethyl adjacent to an activating group) is 1. The molecule has 0 aromatic carbocycles. The molecule has 0 aliphatic rings. The number of carboxylic acid groups (broad SMARTS) is 1. The van der Waals surface area contributed by atoms with E-state index in [0.717, 1.165) is 30.6 Å². The number of carboxylic acids is 1. The number of aliphatic carboxylic acids is 1. The Hall–Kier alpha value is -1.59. The standard InChI is InChI=1S/C14H26N2O4/c1-3-4-5-6-7-8-13(18)16(2)11(14(19)20)9-10-12(15)17/h11H,3-10H2,1-2H3,(H2,15,17)(H,19,20)/t11-/m0/s1/i2D. The van der Waals surface area contributed by atoms with E-state index in [1.54, 1.807) is 0 Å². The highest BCUT2D eigenvalue weighted by molar-refractivity contribution is 5.84. The lowest BCUT2D eigenvalue weighted by atomic mass is 10.1. The smallest absolute Gasteiger partial charge is 0.326 e. The summed E-state index contributed by atoms with van der Waals surface area (Å²) in [5.74, 6) is -2.17. The molecule has 116 valence electrons. The van der Waals surface area contributed by atoms with Crippen LogP contribution in [0.15, 0.2) is 0 Å². The fourth-order valence-electron chi connectivity index (χ4n) is 1.89. The van der Waals surface area contributed by atoms with Crippen molar-refractivity contribution >= 4 is 17.8 Å². The number of carbonyl (C=O) groups is 3. The van der Waals surface area contributed by atoms with E-state index in [1.807, 2.05) is 0 Å². The zero-order chi connectivity index (χ0) is 16.3. The Kier molecular flexibility index (Phi) is 8.42. The highest BCUT2D eigenvalue weighted by atomic mass is 16.4. The predicted octanol–water partition coefficient (Wildman–Crippen LogP) is 1.52. The number of nitrogens with zero attached hydrogens (tertiary/aromatic N) is 1. The molecule has 6 nitrogen and oxygen atoms in total. The third-order valence-corrected chi connectivity index (χ3v) is 3.14. The van der Waals surface area contributed by atoms with E-state index in [2.05, 4.69) is 6.92 Å². The monoisotopic (exact) mass is 287 g/mol. The van der Waals surface area contributed by atoms with Crippen LogP contribution >= 0.6 is 0 Å². The minimum atomic E-state index is -1.21. The van der Waals surface area contributed by atoms with E-state index in [0.29, 0.717) is 6.42 Å². The summed E-state index contributed by atoms with van der Waals surface area (Å²) in [6.07, 6.45) is 4.97. The molecule has 0 aromatic heterocycles. The summed E-state index contributed by atoms with van der Waals surface area (Å²) in [7, 11) is -0.427. The van der Waals surface area contributed by atoms with E-state index in [9.17, 15) is 14.4 Å². The van der Waals surface area contributed by atoms with Crippen LogP contribution in [0.2, 0.25) is 0 Å². The van der Waals surface area contributed by atoms with Gasteiger partial charge in [-0.2, -0.15) is 0 Å². The molecule has 0 aliphatic carbocycles. The molecule has 0 spiro atoms. The number of hydrogen-bond acceptors (Lipinski definition) is 3. The van der Waals surface area contributed by atoms with Crippen molar-refractivity contribution in [3.05, 3.63) is 0 Å². The molecule has 0 aromatic rings. The van der Waals surface area contributed by atoms with Crippen molar-refractivity contribution < 1.29 is 20.9 Å². The Labute approximate surface area is 121 Å². The van der Waals surface area contributed by atoms with E-state index < -0.39 is 24.9 Å². The molecule has 0 radical (unpaired) electrons. The van der Waals surface area contributed by atoms with Gasteiger partial charge in [-0.05, 0) is 12.8 Å². The summed E-state index contributed by atoms with van der Waals surface area (Å²) >= 11 is 0. The van der Waals surface area contributed by atoms with Gasteiger partial charge in [-0.15, -0.1) is 0 Å². The molecule has 0 fully saturated rings. The largest absolute Gasteiger partial charge is 0.480 e. The lowest BCUT2D eigenvalue weighted by Gasteiger charge is -2.24. The van der Waals surface area contributed by atoms with Crippen LogP contribution in [0.1, 0.15) is 59.7 Å². The van der Waals surface area contributed by atoms with Crippen LogP contribution in [0.25, 0.3) is 0 Å². The molecule has 0 saturated carbocycles. The number of hydrogen-bond donors (Lipinski definition) is 2. The van der Waals surface area contributed by atoms with Crippen molar-refractivity contribution in [2.75, 3.05) is 7.02 Å². The van der Waals surface area contributed by atoms with Gasteiger partial charge in [-0.3, -0.25) is 9.59 Å². The molecular weight excluding hydrogens is 260 g/mol. The molecule has 2 amide bonds. The average molecular weight is 287 g/mol. The number of primary amides is 1. The number of carbonyl (C=O) groups excluding carboxylic acids is 2. The third-order valence-electron chi connectivity index (χ3n) is 3.14. The first-order valence-electron chi connectivity index (χ1n) is 7.74. The van der Waals surface area contributed by atoms with Crippen molar-refractivity contribution in [1.82, 2.24) is 4.90 Å². The average Bonchev–Trinajstić information content (AvgIpc) is 2.42. The molecule has 0 bridgehead atoms. The minimum absolute atomic E-state index is 0.0505. The van der Waals surface area contributed by atoms with Crippen LogP contribution in [0, 0.1) is 0 Å². The molecule has 0 rings (SSSR count). The summed E-state index contributed by atoms with van der Waals surface area (Å²) in [4.78, 5) is 35.0. The van der Waals surface area contributed by atoms with Gasteiger partial charge in [0, 0.05) is 21.2 Å². The number of rotatable bonds is 11. The van der Waals surface area contributed by atoms with Crippen molar-refractivity contribution in [2.45, 2.75) is 64.3 Å². The van der Waals surface area contributed by atoms with Crippen LogP contribution in [-0.2, 0) is 14.4 Å². The molecule has 0 unspecified atom stereocenters. The summed E-state index contributed by atoms with van der Waals surface area (Å²) in [5, 5.41) is 9.15. The van der Waals surface area contributed by atoms with Gasteiger partial charge in [0.15, 0.2) is 0 Å². The predicted molar refractivity (Wildman–Crippen MR) is 76.0 cm³/mol. The topological polar surface area (TPSA) is 101 Å². The maximum atomic E-state index is 12.0. The van der Waals surface area contributed by atoms with Crippen molar-refractivity contribution in [1.29, 1.82) is 0 Å². The van der Waals surface area contributed by atoms with Gasteiger partial charge in [0.2, 0.25) is 11.8 Å². The van der Waals surface area contributed by atoms with Crippen LogP contribution in [0.4, 0.5) is 0 Å². The Morgan fingerprint density at radius 3 is 2.35 bits per heavy atom. The second-order valence-corrected chi connectivity index (χ2v) is 4.89. The summed E-state index contributed by atoms with van der Waals surface area (Å²) in [6, 6.07) is -1.15. The molecule has 0 saturated heterocycles. The normalized spacial score (nSPS) is 12.6. The summed E-state index contributed by atoms with van der Waals surface area (Å²) in [5.41, 5.74) is 5.00. The van der Waals surface area contributed by atoms with Gasteiger partial charge >= 0.3 is 5.97 Å². The molecular formula is C14H26N2O4. The van der Waals surface area contributed by atoms with Crippen LogP contribution in [0.5, 0.6) is 0 Å². The maximum absolute atomic E-state index is 12.0. The first kappa shape index (κ1) is 16.5. The lowest BCUT2D eigenvalue weighted by Crippen LogP contribution is -2.42. The van der Waals surface area contributed by atoms with E-state index in [-0.39, 0.29) is 25.2 Å². The maximum Gasteiger partial charge on any atom is 0.326 e. The second-order valence-electron chi connectivity index (χ2n) is 4.89. The first-order chi connectivity index (χ1) is 9.93. The first-order valence-corrected chi connectivity index (χ1v) is 7.03. The minimum Gasteiger partial charge on any atom is -0.480 e. The van der Waals surface area contributed by atoms with Crippen LogP contribution in [0.3, 0.4) is 0 Å². The van der Waals surface area contributed by atoms with Gasteiger partial charge in [0.25, 0.3) is 0 Å². The van der Waals surface area contributed by atoms with Crippen LogP contribution < -0.4 is 5.73 Å². The highest BCUT2D eigenvalue weighted by Crippen LogP contribution is 2.11. The number of amides is 2. The fraction of sp³-hybridized carbons (Fsp3) is 0.786. The summed E-state index contributed by atoms with van der Waals surface area (Å²) in [6.45, 7) is 2.10. The molecule has 3 N–H and O–H groups in total.